The number of nitrogens with one attached hydrogen (secondary N) is 1. The second kappa shape index (κ2) is 8.04. The van der Waals surface area contributed by atoms with Crippen LogP contribution in [-0.4, -0.2) is 30.6 Å². The molecule has 98 valence electrons. The fourth-order valence-corrected chi connectivity index (χ4v) is 2.22. The van der Waals surface area contributed by atoms with Gasteiger partial charge in [-0.2, -0.15) is 0 Å². The van der Waals surface area contributed by atoms with Gasteiger partial charge in [-0.1, -0.05) is 39.5 Å². The molecular weight excluding hydrogens is 198 g/mol. The maximum absolute atomic E-state index is 5.71. The van der Waals surface area contributed by atoms with E-state index in [1.807, 2.05) is 0 Å². The molecule has 0 fully saturated rings. The van der Waals surface area contributed by atoms with Crippen LogP contribution in [0.4, 0.5) is 0 Å². The van der Waals surface area contributed by atoms with Crippen LogP contribution in [0.2, 0.25) is 0 Å². The second-order valence-electron chi connectivity index (χ2n) is 5.17. The first kappa shape index (κ1) is 15.9. The van der Waals surface area contributed by atoms with Gasteiger partial charge in [-0.05, 0) is 33.9 Å². The van der Waals surface area contributed by atoms with E-state index in [2.05, 4.69) is 45.2 Å². The molecule has 0 aromatic heterocycles. The van der Waals surface area contributed by atoms with Crippen molar-refractivity contribution in [2.45, 2.75) is 70.9 Å². The quantitative estimate of drug-likeness (QED) is 0.363. The largest absolute Gasteiger partial charge is 0.302 e. The summed E-state index contributed by atoms with van der Waals surface area (Å²) in [7, 11) is 4.28. The third-order valence-electron chi connectivity index (χ3n) is 4.04. The zero-order chi connectivity index (χ0) is 12.6. The van der Waals surface area contributed by atoms with Gasteiger partial charge in [0.2, 0.25) is 0 Å². The molecule has 2 unspecified atom stereocenters. The van der Waals surface area contributed by atoms with E-state index in [1.165, 1.54) is 32.1 Å². The summed E-state index contributed by atoms with van der Waals surface area (Å²) in [5.74, 6) is 5.71. The summed E-state index contributed by atoms with van der Waals surface area (Å²) < 4.78 is 0. The second-order valence-corrected chi connectivity index (χ2v) is 5.17. The maximum Gasteiger partial charge on any atom is 0.0391 e. The number of nitrogens with zero attached hydrogens (tertiary/aromatic N) is 1. The molecule has 0 rings (SSSR count). The Morgan fingerprint density at radius 2 is 1.81 bits per heavy atom. The Hall–Kier alpha value is -0.120. The van der Waals surface area contributed by atoms with E-state index in [1.54, 1.807) is 0 Å². The lowest BCUT2D eigenvalue weighted by Crippen LogP contribution is -2.58. The van der Waals surface area contributed by atoms with Gasteiger partial charge in [0.25, 0.3) is 0 Å². The molecule has 0 saturated carbocycles. The lowest BCUT2D eigenvalue weighted by Gasteiger charge is -2.42. The van der Waals surface area contributed by atoms with Crippen LogP contribution in [0.15, 0.2) is 0 Å². The van der Waals surface area contributed by atoms with Crippen molar-refractivity contribution in [2.75, 3.05) is 14.1 Å². The molecule has 0 aliphatic heterocycles. The molecule has 3 N–H and O–H groups in total. The standard InChI is InChI=1S/C13H31N3/c1-6-8-9-10-11-12(15-14)13(3,7-2)16(4)5/h12,15H,6-11,14H2,1-5H3. The highest BCUT2D eigenvalue weighted by Gasteiger charge is 2.33. The minimum absolute atomic E-state index is 0.154. The van der Waals surface area contributed by atoms with Gasteiger partial charge >= 0.3 is 0 Å². The highest BCUT2D eigenvalue weighted by Crippen LogP contribution is 2.24. The molecule has 0 amide bonds. The van der Waals surface area contributed by atoms with Gasteiger partial charge in [0, 0.05) is 11.6 Å². The molecule has 3 nitrogen and oxygen atoms in total. The predicted molar refractivity (Wildman–Crippen MR) is 72.3 cm³/mol. The van der Waals surface area contributed by atoms with Gasteiger partial charge in [0.15, 0.2) is 0 Å². The zero-order valence-electron chi connectivity index (χ0n) is 11.8. The van der Waals surface area contributed by atoms with E-state index in [0.717, 1.165) is 6.42 Å². The summed E-state index contributed by atoms with van der Waals surface area (Å²) in [6.07, 6.45) is 7.50. The van der Waals surface area contributed by atoms with Crippen molar-refractivity contribution in [2.24, 2.45) is 5.84 Å². The van der Waals surface area contributed by atoms with Crippen LogP contribution in [-0.2, 0) is 0 Å². The van der Waals surface area contributed by atoms with Crippen molar-refractivity contribution in [1.29, 1.82) is 0 Å². The zero-order valence-corrected chi connectivity index (χ0v) is 11.8. The number of hydrazine groups is 1. The van der Waals surface area contributed by atoms with E-state index in [9.17, 15) is 0 Å². The smallest absolute Gasteiger partial charge is 0.0391 e. The lowest BCUT2D eigenvalue weighted by atomic mass is 9.85. The molecular formula is C13H31N3. The van der Waals surface area contributed by atoms with Crippen molar-refractivity contribution < 1.29 is 0 Å². The predicted octanol–water partition coefficient (Wildman–Crippen LogP) is 2.52. The average Bonchev–Trinajstić information content (AvgIpc) is 2.28. The van der Waals surface area contributed by atoms with E-state index >= 15 is 0 Å². The van der Waals surface area contributed by atoms with Crippen LogP contribution in [0, 0.1) is 0 Å². The Morgan fingerprint density at radius 1 is 1.19 bits per heavy atom. The molecule has 0 heterocycles. The lowest BCUT2D eigenvalue weighted by molar-refractivity contribution is 0.106. The Balaban J connectivity index is 4.23. The maximum atomic E-state index is 5.71. The van der Waals surface area contributed by atoms with Crippen molar-refractivity contribution in [3.05, 3.63) is 0 Å². The number of nitrogens with two attached hydrogens (primary N) is 1. The van der Waals surface area contributed by atoms with E-state index in [-0.39, 0.29) is 5.54 Å². The van der Waals surface area contributed by atoms with E-state index < -0.39 is 0 Å². The van der Waals surface area contributed by atoms with Crippen LogP contribution < -0.4 is 11.3 Å². The summed E-state index contributed by atoms with van der Waals surface area (Å²) in [4.78, 5) is 2.29. The van der Waals surface area contributed by atoms with Gasteiger partial charge < -0.3 is 4.90 Å². The molecule has 0 aromatic rings. The Bertz CT molecular complexity index is 171. The van der Waals surface area contributed by atoms with Gasteiger partial charge in [-0.3, -0.25) is 11.3 Å². The molecule has 0 bridgehead atoms. The van der Waals surface area contributed by atoms with E-state index in [4.69, 9.17) is 5.84 Å². The molecule has 0 saturated heterocycles. The molecule has 2 atom stereocenters. The third kappa shape index (κ3) is 4.40. The summed E-state index contributed by atoms with van der Waals surface area (Å²) >= 11 is 0. The fraction of sp³-hybridized carbons (Fsp3) is 1.00. The first-order valence-corrected chi connectivity index (χ1v) is 6.66. The Kier molecular flexibility index (Phi) is 7.98. The number of hydrogen-bond donors (Lipinski definition) is 2. The minimum Gasteiger partial charge on any atom is -0.302 e. The summed E-state index contributed by atoms with van der Waals surface area (Å²) in [6, 6.07) is 0.379. The van der Waals surface area contributed by atoms with E-state index in [0.29, 0.717) is 6.04 Å². The summed E-state index contributed by atoms with van der Waals surface area (Å²) in [6.45, 7) is 6.77. The van der Waals surface area contributed by atoms with Crippen LogP contribution in [0.1, 0.15) is 59.3 Å². The minimum atomic E-state index is 0.154. The molecule has 0 aliphatic carbocycles. The van der Waals surface area contributed by atoms with Crippen LogP contribution in [0.25, 0.3) is 0 Å². The Morgan fingerprint density at radius 3 is 2.19 bits per heavy atom. The van der Waals surface area contributed by atoms with Crippen LogP contribution in [0.5, 0.6) is 0 Å². The van der Waals surface area contributed by atoms with Gasteiger partial charge in [0.05, 0.1) is 0 Å². The highest BCUT2D eigenvalue weighted by atomic mass is 15.3. The normalized spacial score (nSPS) is 17.4. The number of unbranched alkanes of at least 4 members (excludes halogenated alkanes) is 3. The average molecular weight is 229 g/mol. The van der Waals surface area contributed by atoms with Crippen molar-refractivity contribution in [3.63, 3.8) is 0 Å². The molecule has 3 heteroatoms. The molecule has 0 radical (unpaired) electrons. The Labute approximate surface area is 102 Å². The monoisotopic (exact) mass is 229 g/mol. The number of hydrogen-bond acceptors (Lipinski definition) is 3. The SMILES string of the molecule is CCCCCCC(NN)C(C)(CC)N(C)C. The summed E-state index contributed by atoms with van der Waals surface area (Å²) in [5.41, 5.74) is 3.16. The first-order valence-electron chi connectivity index (χ1n) is 6.66. The molecule has 0 aliphatic rings. The third-order valence-corrected chi connectivity index (χ3v) is 4.04. The molecule has 0 aromatic carbocycles. The van der Waals surface area contributed by atoms with Crippen molar-refractivity contribution in [3.8, 4) is 0 Å². The van der Waals surface area contributed by atoms with Crippen LogP contribution >= 0.6 is 0 Å². The van der Waals surface area contributed by atoms with Gasteiger partial charge in [-0.15, -0.1) is 0 Å². The molecule has 0 spiro atoms. The van der Waals surface area contributed by atoms with Gasteiger partial charge in [-0.25, -0.2) is 0 Å². The molecule has 16 heavy (non-hydrogen) atoms. The summed E-state index contributed by atoms with van der Waals surface area (Å²) in [5, 5.41) is 0. The van der Waals surface area contributed by atoms with Crippen molar-refractivity contribution in [1.82, 2.24) is 10.3 Å². The first-order chi connectivity index (χ1) is 7.52. The van der Waals surface area contributed by atoms with Crippen LogP contribution in [0.3, 0.4) is 0 Å². The number of rotatable bonds is 9. The fourth-order valence-electron chi connectivity index (χ4n) is 2.22. The topological polar surface area (TPSA) is 41.3 Å². The number of likely N-dealkylation sites (N-methyl/N-ethyl adjacent to an activating group) is 1. The van der Waals surface area contributed by atoms with Crippen molar-refractivity contribution >= 4 is 0 Å². The highest BCUT2D eigenvalue weighted by molar-refractivity contribution is 4.92. The van der Waals surface area contributed by atoms with Gasteiger partial charge in [0.1, 0.15) is 0 Å².